The third-order valence-corrected chi connectivity index (χ3v) is 3.58. The number of nitrogens with zero attached hydrogens (tertiary/aromatic N) is 1. The van der Waals surface area contributed by atoms with Gasteiger partial charge in [0, 0.05) is 35.3 Å². The second-order valence-corrected chi connectivity index (χ2v) is 4.86. The molecule has 0 N–H and O–H groups in total. The Morgan fingerprint density at radius 3 is 2.62 bits per heavy atom. The molecular formula is C17H14FNO2. The first-order chi connectivity index (χ1) is 10.1. The molecule has 1 heterocycles. The Kier molecular flexibility index (Phi) is 3.22. The quantitative estimate of drug-likeness (QED) is 0.670. The number of halogens is 1. The number of methoxy groups -OCH3 is 1. The molecule has 0 atom stereocenters. The molecule has 0 saturated carbocycles. The van der Waals surface area contributed by atoms with Crippen molar-refractivity contribution in [2.75, 3.05) is 7.11 Å². The third-order valence-electron chi connectivity index (χ3n) is 3.58. The van der Waals surface area contributed by atoms with Crippen molar-refractivity contribution in [2.24, 2.45) is 7.05 Å². The second-order valence-electron chi connectivity index (χ2n) is 4.86. The van der Waals surface area contributed by atoms with Crippen molar-refractivity contribution in [1.29, 1.82) is 0 Å². The topological polar surface area (TPSA) is 31.2 Å². The van der Waals surface area contributed by atoms with Crippen molar-refractivity contribution in [3.63, 3.8) is 0 Å². The summed E-state index contributed by atoms with van der Waals surface area (Å²) in [5, 5.41) is 0.898. The van der Waals surface area contributed by atoms with E-state index < -0.39 is 0 Å². The molecule has 0 saturated heterocycles. The van der Waals surface area contributed by atoms with Crippen LogP contribution in [0, 0.1) is 5.82 Å². The van der Waals surface area contributed by atoms with Crippen LogP contribution in [0.1, 0.15) is 10.4 Å². The van der Waals surface area contributed by atoms with Crippen LogP contribution in [0.2, 0.25) is 0 Å². The fourth-order valence-electron chi connectivity index (χ4n) is 2.52. The molecule has 2 aromatic carbocycles. The van der Waals surface area contributed by atoms with E-state index in [2.05, 4.69) is 0 Å². The summed E-state index contributed by atoms with van der Waals surface area (Å²) in [5.74, 6) is -0.646. The highest BCUT2D eigenvalue weighted by molar-refractivity contribution is 6.00. The molecule has 0 fully saturated rings. The van der Waals surface area contributed by atoms with Gasteiger partial charge in [-0.3, -0.25) is 0 Å². The molecule has 0 bridgehead atoms. The van der Waals surface area contributed by atoms with E-state index in [0.29, 0.717) is 11.1 Å². The van der Waals surface area contributed by atoms with Crippen LogP contribution in [-0.4, -0.2) is 17.6 Å². The Bertz CT molecular complexity index is 836. The van der Waals surface area contributed by atoms with Crippen LogP contribution >= 0.6 is 0 Å². The Hall–Kier alpha value is -2.62. The minimum atomic E-state index is -0.384. The Labute approximate surface area is 121 Å². The van der Waals surface area contributed by atoms with Crippen LogP contribution < -0.4 is 0 Å². The van der Waals surface area contributed by atoms with E-state index in [9.17, 15) is 9.18 Å². The molecule has 0 aliphatic carbocycles. The maximum absolute atomic E-state index is 14.0. The van der Waals surface area contributed by atoms with Crippen LogP contribution in [-0.2, 0) is 11.8 Å². The van der Waals surface area contributed by atoms with Gasteiger partial charge in [-0.25, -0.2) is 9.18 Å². The lowest BCUT2D eigenvalue weighted by Crippen LogP contribution is -2.00. The number of ether oxygens (including phenoxy) is 1. The summed E-state index contributed by atoms with van der Waals surface area (Å²) < 4.78 is 20.6. The largest absolute Gasteiger partial charge is 0.465 e. The number of rotatable bonds is 2. The lowest BCUT2D eigenvalue weighted by molar-refractivity contribution is 0.0601. The first kappa shape index (κ1) is 13.4. The number of carbonyl (C=O) groups is 1. The highest BCUT2D eigenvalue weighted by Gasteiger charge is 2.14. The van der Waals surface area contributed by atoms with Gasteiger partial charge in [-0.2, -0.15) is 0 Å². The summed E-state index contributed by atoms with van der Waals surface area (Å²) >= 11 is 0. The number of carbonyl (C=O) groups excluding carboxylic acids is 1. The first-order valence-corrected chi connectivity index (χ1v) is 6.54. The fraction of sp³-hybridized carbons (Fsp3) is 0.118. The number of esters is 1. The maximum Gasteiger partial charge on any atom is 0.337 e. The van der Waals surface area contributed by atoms with Crippen LogP contribution in [0.15, 0.2) is 48.7 Å². The molecule has 0 radical (unpaired) electrons. The van der Waals surface area contributed by atoms with Gasteiger partial charge < -0.3 is 9.30 Å². The van der Waals surface area contributed by atoms with Gasteiger partial charge in [0.2, 0.25) is 0 Å². The summed E-state index contributed by atoms with van der Waals surface area (Å²) in [6.45, 7) is 0. The first-order valence-electron chi connectivity index (χ1n) is 6.54. The van der Waals surface area contributed by atoms with Gasteiger partial charge in [0.25, 0.3) is 0 Å². The van der Waals surface area contributed by atoms with Crippen molar-refractivity contribution >= 4 is 16.9 Å². The van der Waals surface area contributed by atoms with E-state index in [1.54, 1.807) is 30.3 Å². The smallest absolute Gasteiger partial charge is 0.337 e. The Balaban J connectivity index is 2.23. The standard InChI is InChI=1S/C17H14FNO2/c1-19-10-14(12-5-3-4-6-15(12)18)13-8-7-11(9-16(13)19)17(20)21-2/h3-10H,1-2H3. The zero-order valence-electron chi connectivity index (χ0n) is 11.8. The average Bonchev–Trinajstić information content (AvgIpc) is 2.83. The molecule has 21 heavy (non-hydrogen) atoms. The Morgan fingerprint density at radius 1 is 1.14 bits per heavy atom. The molecule has 106 valence electrons. The predicted octanol–water partition coefficient (Wildman–Crippen LogP) is 3.77. The minimum Gasteiger partial charge on any atom is -0.465 e. The zero-order chi connectivity index (χ0) is 15.0. The molecular weight excluding hydrogens is 269 g/mol. The van der Waals surface area contributed by atoms with Gasteiger partial charge in [-0.15, -0.1) is 0 Å². The van der Waals surface area contributed by atoms with Crippen molar-refractivity contribution in [2.45, 2.75) is 0 Å². The average molecular weight is 283 g/mol. The van der Waals surface area contributed by atoms with Crippen molar-refractivity contribution in [1.82, 2.24) is 4.57 Å². The van der Waals surface area contributed by atoms with Gasteiger partial charge in [0.05, 0.1) is 12.7 Å². The highest BCUT2D eigenvalue weighted by atomic mass is 19.1. The summed E-state index contributed by atoms with van der Waals surface area (Å²) in [6.07, 6.45) is 1.87. The fourth-order valence-corrected chi connectivity index (χ4v) is 2.52. The number of benzene rings is 2. The zero-order valence-corrected chi connectivity index (χ0v) is 11.8. The number of fused-ring (bicyclic) bond motifs is 1. The van der Waals surface area contributed by atoms with Gasteiger partial charge >= 0.3 is 5.97 Å². The highest BCUT2D eigenvalue weighted by Crippen LogP contribution is 2.32. The monoisotopic (exact) mass is 283 g/mol. The molecule has 0 spiro atoms. The van der Waals surface area contributed by atoms with Gasteiger partial charge in [0.15, 0.2) is 0 Å². The normalized spacial score (nSPS) is 10.8. The van der Waals surface area contributed by atoms with E-state index in [-0.39, 0.29) is 11.8 Å². The van der Waals surface area contributed by atoms with Gasteiger partial charge in [-0.1, -0.05) is 24.3 Å². The van der Waals surface area contributed by atoms with Crippen LogP contribution in [0.3, 0.4) is 0 Å². The number of hydrogen-bond acceptors (Lipinski definition) is 2. The van der Waals surface area contributed by atoms with E-state index in [1.165, 1.54) is 13.2 Å². The third kappa shape index (κ3) is 2.18. The molecule has 4 heteroatoms. The lowest BCUT2D eigenvalue weighted by atomic mass is 10.0. The van der Waals surface area contributed by atoms with E-state index in [4.69, 9.17) is 4.74 Å². The predicted molar refractivity (Wildman–Crippen MR) is 79.7 cm³/mol. The summed E-state index contributed by atoms with van der Waals surface area (Å²) in [5.41, 5.74) is 2.69. The van der Waals surface area contributed by atoms with E-state index >= 15 is 0 Å². The van der Waals surface area contributed by atoms with Crippen molar-refractivity contribution < 1.29 is 13.9 Å². The molecule has 3 rings (SSSR count). The summed E-state index contributed by atoms with van der Waals surface area (Å²) in [4.78, 5) is 11.6. The molecule has 3 aromatic rings. The number of hydrogen-bond donors (Lipinski definition) is 0. The maximum atomic E-state index is 14.0. The van der Waals surface area contributed by atoms with E-state index in [1.807, 2.05) is 23.9 Å². The molecule has 3 nitrogen and oxygen atoms in total. The Morgan fingerprint density at radius 2 is 1.90 bits per heavy atom. The van der Waals surface area contributed by atoms with Crippen LogP contribution in [0.4, 0.5) is 4.39 Å². The molecule has 0 aliphatic rings. The molecule has 0 amide bonds. The SMILES string of the molecule is COC(=O)c1ccc2c(-c3ccccc3F)cn(C)c2c1. The van der Waals surface area contributed by atoms with Crippen LogP contribution in [0.25, 0.3) is 22.0 Å². The minimum absolute atomic E-state index is 0.262. The lowest BCUT2D eigenvalue weighted by Gasteiger charge is -2.03. The van der Waals surface area contributed by atoms with E-state index in [0.717, 1.165) is 16.5 Å². The molecule has 1 aromatic heterocycles. The summed E-state index contributed by atoms with van der Waals surface area (Å²) in [6, 6.07) is 11.9. The number of aromatic nitrogens is 1. The van der Waals surface area contributed by atoms with Gasteiger partial charge in [0.1, 0.15) is 5.82 Å². The van der Waals surface area contributed by atoms with Crippen molar-refractivity contribution in [3.8, 4) is 11.1 Å². The van der Waals surface area contributed by atoms with Gasteiger partial charge in [-0.05, 0) is 18.2 Å². The number of aryl methyl sites for hydroxylation is 1. The molecule has 0 unspecified atom stereocenters. The molecule has 0 aliphatic heterocycles. The second kappa shape index (κ2) is 5.05. The van der Waals surface area contributed by atoms with Crippen LogP contribution in [0.5, 0.6) is 0 Å². The van der Waals surface area contributed by atoms with Crippen molar-refractivity contribution in [3.05, 3.63) is 60.0 Å². The summed E-state index contributed by atoms with van der Waals surface area (Å²) in [7, 11) is 3.22.